The smallest absolute Gasteiger partial charge is 0.258 e. The summed E-state index contributed by atoms with van der Waals surface area (Å²) in [7, 11) is 0. The van der Waals surface area contributed by atoms with Crippen molar-refractivity contribution >= 4 is 29.3 Å². The van der Waals surface area contributed by atoms with E-state index in [4.69, 9.17) is 4.42 Å². The summed E-state index contributed by atoms with van der Waals surface area (Å²) in [6.07, 6.45) is 0. The summed E-state index contributed by atoms with van der Waals surface area (Å²) < 4.78 is 5.64. The number of rotatable bonds is 5. The van der Waals surface area contributed by atoms with E-state index in [2.05, 4.69) is 10.3 Å². The molecule has 0 bridgehead atoms. The van der Waals surface area contributed by atoms with Gasteiger partial charge in [-0.1, -0.05) is 42.1 Å². The van der Waals surface area contributed by atoms with E-state index in [1.54, 1.807) is 0 Å². The van der Waals surface area contributed by atoms with Crippen LogP contribution in [0, 0.1) is 0 Å². The first kappa shape index (κ1) is 14.3. The summed E-state index contributed by atoms with van der Waals surface area (Å²) >= 11 is 1.21. The summed E-state index contributed by atoms with van der Waals surface area (Å²) in [4.78, 5) is 26.4. The molecule has 0 radical (unpaired) electrons. The number of oxazole rings is 1. The zero-order valence-electron chi connectivity index (χ0n) is 11.2. The number of anilines is 1. The molecule has 0 aliphatic heterocycles. The largest absolute Gasteiger partial charge is 0.429 e. The average molecular weight is 290 g/mol. The van der Waals surface area contributed by atoms with Crippen molar-refractivity contribution < 1.29 is 14.0 Å². The Bertz CT molecular complexity index is 623. The van der Waals surface area contributed by atoms with Gasteiger partial charge in [-0.2, -0.15) is 4.98 Å². The maximum atomic E-state index is 11.2. The minimum absolute atomic E-state index is 0.0375. The molecule has 104 valence electrons. The molecule has 20 heavy (non-hydrogen) atoms. The number of nitrogens with zero attached hydrogens (tertiary/aromatic N) is 1. The Kier molecular flexibility index (Phi) is 4.57. The molecule has 6 heteroatoms. The van der Waals surface area contributed by atoms with Crippen LogP contribution in [0.15, 0.2) is 40.0 Å². The van der Waals surface area contributed by atoms with Crippen molar-refractivity contribution in [3.63, 3.8) is 0 Å². The highest BCUT2D eigenvalue weighted by molar-refractivity contribution is 7.99. The van der Waals surface area contributed by atoms with Gasteiger partial charge in [-0.3, -0.25) is 9.59 Å². The zero-order valence-corrected chi connectivity index (χ0v) is 12.0. The number of thioether (sulfide) groups is 1. The lowest BCUT2D eigenvalue weighted by molar-refractivity contribution is -0.115. The number of benzene rings is 1. The molecule has 1 N–H and O–H groups in total. The SMILES string of the molecule is CC(=O)CSc1nc(NC(C)=O)c(-c2ccccc2)o1. The molecule has 0 atom stereocenters. The first-order chi connectivity index (χ1) is 9.56. The summed E-state index contributed by atoms with van der Waals surface area (Å²) in [6.45, 7) is 2.91. The number of nitrogens with one attached hydrogen (secondary N) is 1. The molecule has 2 aromatic rings. The van der Waals surface area contributed by atoms with Gasteiger partial charge in [-0.15, -0.1) is 0 Å². The fraction of sp³-hybridized carbons (Fsp3) is 0.214. The monoisotopic (exact) mass is 290 g/mol. The number of hydrogen-bond donors (Lipinski definition) is 1. The quantitative estimate of drug-likeness (QED) is 0.857. The van der Waals surface area contributed by atoms with Crippen LogP contribution in [0.25, 0.3) is 11.3 Å². The number of hydrogen-bond acceptors (Lipinski definition) is 5. The number of amides is 1. The van der Waals surface area contributed by atoms with Crippen LogP contribution in [0.1, 0.15) is 13.8 Å². The maximum absolute atomic E-state index is 11.2. The molecule has 0 saturated heterocycles. The summed E-state index contributed by atoms with van der Waals surface area (Å²) in [6, 6.07) is 9.37. The molecular weight excluding hydrogens is 276 g/mol. The summed E-state index contributed by atoms with van der Waals surface area (Å²) in [5, 5.41) is 3.00. The molecule has 0 fully saturated rings. The standard InChI is InChI=1S/C14H14N2O3S/c1-9(17)8-20-14-16-13(15-10(2)18)12(19-14)11-6-4-3-5-7-11/h3-7H,8H2,1-2H3,(H,15,18). The Morgan fingerprint density at radius 2 is 1.95 bits per heavy atom. The number of carbonyl (C=O) groups is 2. The van der Waals surface area contributed by atoms with Crippen LogP contribution >= 0.6 is 11.8 Å². The van der Waals surface area contributed by atoms with Crippen molar-refractivity contribution in [3.05, 3.63) is 30.3 Å². The van der Waals surface area contributed by atoms with Gasteiger partial charge in [0.15, 0.2) is 11.6 Å². The summed E-state index contributed by atoms with van der Waals surface area (Å²) in [5.41, 5.74) is 0.818. The molecule has 1 aromatic carbocycles. The lowest BCUT2D eigenvalue weighted by Crippen LogP contribution is -2.06. The molecule has 0 saturated carbocycles. The lowest BCUT2D eigenvalue weighted by Gasteiger charge is -2.00. The van der Waals surface area contributed by atoms with Gasteiger partial charge < -0.3 is 9.73 Å². The van der Waals surface area contributed by atoms with E-state index in [9.17, 15) is 9.59 Å². The summed E-state index contributed by atoms with van der Waals surface area (Å²) in [5.74, 6) is 0.963. The Labute approximate surface area is 120 Å². The highest BCUT2D eigenvalue weighted by Gasteiger charge is 2.16. The third-order valence-corrected chi connectivity index (χ3v) is 3.31. The van der Waals surface area contributed by atoms with Gasteiger partial charge in [0.25, 0.3) is 5.22 Å². The van der Waals surface area contributed by atoms with Gasteiger partial charge in [-0.25, -0.2) is 0 Å². The molecule has 1 aromatic heterocycles. The minimum Gasteiger partial charge on any atom is -0.429 e. The predicted molar refractivity (Wildman–Crippen MR) is 77.6 cm³/mol. The third-order valence-electron chi connectivity index (χ3n) is 2.34. The molecule has 1 amide bonds. The molecule has 0 aliphatic carbocycles. The van der Waals surface area contributed by atoms with Crippen LogP contribution in [0.5, 0.6) is 0 Å². The van der Waals surface area contributed by atoms with Crippen LogP contribution in [-0.4, -0.2) is 22.4 Å². The second kappa shape index (κ2) is 6.38. The predicted octanol–water partition coefficient (Wildman–Crippen LogP) is 2.98. The Morgan fingerprint density at radius 3 is 2.55 bits per heavy atom. The molecule has 2 rings (SSSR count). The van der Waals surface area contributed by atoms with Crippen molar-refractivity contribution in [2.75, 3.05) is 11.1 Å². The van der Waals surface area contributed by atoms with Crippen LogP contribution < -0.4 is 5.32 Å². The van der Waals surface area contributed by atoms with Gasteiger partial charge in [0.05, 0.1) is 5.75 Å². The van der Waals surface area contributed by atoms with Crippen LogP contribution in [-0.2, 0) is 9.59 Å². The molecule has 0 unspecified atom stereocenters. The number of Topliss-reactive ketones (excluding diaryl/α,β-unsaturated/α-hetero) is 1. The maximum Gasteiger partial charge on any atom is 0.258 e. The zero-order chi connectivity index (χ0) is 14.5. The van der Waals surface area contributed by atoms with Crippen LogP contribution in [0.4, 0.5) is 5.82 Å². The van der Waals surface area contributed by atoms with Gasteiger partial charge in [-0.05, 0) is 6.92 Å². The van der Waals surface area contributed by atoms with E-state index >= 15 is 0 Å². The van der Waals surface area contributed by atoms with Gasteiger partial charge in [0, 0.05) is 12.5 Å². The first-order valence-electron chi connectivity index (χ1n) is 6.02. The first-order valence-corrected chi connectivity index (χ1v) is 7.01. The van der Waals surface area contributed by atoms with Gasteiger partial charge >= 0.3 is 0 Å². The fourth-order valence-electron chi connectivity index (χ4n) is 1.56. The van der Waals surface area contributed by atoms with Crippen LogP contribution in [0.2, 0.25) is 0 Å². The highest BCUT2D eigenvalue weighted by atomic mass is 32.2. The number of aromatic nitrogens is 1. The molecule has 1 heterocycles. The average Bonchev–Trinajstić information content (AvgIpc) is 2.79. The molecule has 5 nitrogen and oxygen atoms in total. The van der Waals surface area contributed by atoms with Crippen LogP contribution in [0.3, 0.4) is 0 Å². The Hall–Kier alpha value is -2.08. The number of carbonyl (C=O) groups excluding carboxylic acids is 2. The second-order valence-electron chi connectivity index (χ2n) is 4.20. The van der Waals surface area contributed by atoms with E-state index in [1.807, 2.05) is 30.3 Å². The molecule has 0 spiro atoms. The van der Waals surface area contributed by atoms with Crippen molar-refractivity contribution in [2.24, 2.45) is 0 Å². The topological polar surface area (TPSA) is 72.2 Å². The highest BCUT2D eigenvalue weighted by Crippen LogP contribution is 2.32. The van der Waals surface area contributed by atoms with E-state index < -0.39 is 0 Å². The van der Waals surface area contributed by atoms with E-state index in [-0.39, 0.29) is 17.4 Å². The Morgan fingerprint density at radius 1 is 1.25 bits per heavy atom. The van der Waals surface area contributed by atoms with Crippen molar-refractivity contribution in [1.29, 1.82) is 0 Å². The third kappa shape index (κ3) is 3.71. The van der Waals surface area contributed by atoms with Gasteiger partial charge in [0.2, 0.25) is 5.91 Å². The lowest BCUT2D eigenvalue weighted by atomic mass is 10.2. The van der Waals surface area contributed by atoms with E-state index in [0.29, 0.717) is 16.8 Å². The number of ketones is 1. The van der Waals surface area contributed by atoms with E-state index in [1.165, 1.54) is 25.6 Å². The van der Waals surface area contributed by atoms with Crippen molar-refractivity contribution in [1.82, 2.24) is 4.98 Å². The van der Waals surface area contributed by atoms with Gasteiger partial charge in [0.1, 0.15) is 5.78 Å². The normalized spacial score (nSPS) is 10.3. The molecular formula is C14H14N2O3S. The minimum atomic E-state index is -0.224. The van der Waals surface area contributed by atoms with Crippen molar-refractivity contribution in [2.45, 2.75) is 19.1 Å². The second-order valence-corrected chi connectivity index (χ2v) is 5.12. The van der Waals surface area contributed by atoms with E-state index in [0.717, 1.165) is 5.56 Å². The Balaban J connectivity index is 2.32. The van der Waals surface area contributed by atoms with Crippen molar-refractivity contribution in [3.8, 4) is 11.3 Å². The molecule has 0 aliphatic rings. The fourth-order valence-corrected chi connectivity index (χ4v) is 2.19.